The highest BCUT2D eigenvalue weighted by Crippen LogP contribution is 2.36. The van der Waals surface area contributed by atoms with Crippen LogP contribution < -0.4 is 15.6 Å². The second-order valence-corrected chi connectivity index (χ2v) is 7.73. The number of carbonyl (C=O) groups excluding carboxylic acids is 3. The second-order valence-electron chi connectivity index (χ2n) is 7.73. The number of para-hydroxylation sites is 1. The Morgan fingerprint density at radius 2 is 1.79 bits per heavy atom. The molecular weight excluding hydrogens is 420 g/mol. The molecule has 2 unspecified atom stereocenters. The molecule has 8 heteroatoms. The van der Waals surface area contributed by atoms with E-state index in [1.54, 1.807) is 31.6 Å². The van der Waals surface area contributed by atoms with Crippen molar-refractivity contribution < 1.29 is 19.1 Å². The average Bonchev–Trinajstić information content (AvgIpc) is 3.16. The highest BCUT2D eigenvalue weighted by atomic mass is 16.5. The fourth-order valence-corrected chi connectivity index (χ4v) is 3.96. The van der Waals surface area contributed by atoms with Crippen molar-refractivity contribution in [1.29, 1.82) is 0 Å². The standard InChI is InChI=1S/C25H24N4O4/c1-29-23(31)14-20(24(29)18-10-7-13-26-15-18)25(32)28-27-22(30)16-33-21-12-6-5-11-19(21)17-8-3-2-4-9-17/h2-13,15,20,24H,14,16H2,1H3,(H,27,30)(H,28,32). The van der Waals surface area contributed by atoms with Gasteiger partial charge in [0.1, 0.15) is 5.75 Å². The highest BCUT2D eigenvalue weighted by Gasteiger charge is 2.42. The Hall–Kier alpha value is -4.20. The molecule has 0 bridgehead atoms. The molecule has 1 aliphatic heterocycles. The third-order valence-corrected chi connectivity index (χ3v) is 5.60. The molecule has 33 heavy (non-hydrogen) atoms. The molecule has 3 aromatic rings. The number of carbonyl (C=O) groups is 3. The molecule has 2 heterocycles. The van der Waals surface area contributed by atoms with E-state index in [1.165, 1.54) is 4.90 Å². The first-order valence-corrected chi connectivity index (χ1v) is 10.6. The number of aromatic nitrogens is 1. The predicted molar refractivity (Wildman–Crippen MR) is 122 cm³/mol. The lowest BCUT2D eigenvalue weighted by Gasteiger charge is -2.24. The molecule has 0 saturated carbocycles. The lowest BCUT2D eigenvalue weighted by atomic mass is 9.94. The van der Waals surface area contributed by atoms with Gasteiger partial charge in [0.05, 0.1) is 12.0 Å². The van der Waals surface area contributed by atoms with Gasteiger partial charge in [-0.2, -0.15) is 0 Å². The molecule has 4 rings (SSSR count). The van der Waals surface area contributed by atoms with Crippen molar-refractivity contribution in [1.82, 2.24) is 20.7 Å². The van der Waals surface area contributed by atoms with E-state index in [2.05, 4.69) is 15.8 Å². The summed E-state index contributed by atoms with van der Waals surface area (Å²) in [7, 11) is 1.66. The van der Waals surface area contributed by atoms with Crippen LogP contribution in [-0.2, 0) is 14.4 Å². The van der Waals surface area contributed by atoms with Crippen LogP contribution in [0.15, 0.2) is 79.1 Å². The number of rotatable bonds is 6. The van der Waals surface area contributed by atoms with Gasteiger partial charge < -0.3 is 9.64 Å². The van der Waals surface area contributed by atoms with Crippen LogP contribution in [0.25, 0.3) is 11.1 Å². The SMILES string of the molecule is CN1C(=O)CC(C(=O)NNC(=O)COc2ccccc2-c2ccccc2)C1c1cccnc1. The first-order chi connectivity index (χ1) is 16.0. The Bertz CT molecular complexity index is 1140. The molecule has 168 valence electrons. The van der Waals surface area contributed by atoms with E-state index in [0.717, 1.165) is 16.7 Å². The molecule has 3 amide bonds. The quantitative estimate of drug-likeness (QED) is 0.569. The van der Waals surface area contributed by atoms with Crippen molar-refractivity contribution >= 4 is 17.7 Å². The molecule has 2 N–H and O–H groups in total. The van der Waals surface area contributed by atoms with Crippen LogP contribution in [0.1, 0.15) is 18.0 Å². The largest absolute Gasteiger partial charge is 0.483 e. The van der Waals surface area contributed by atoms with Gasteiger partial charge >= 0.3 is 0 Å². The van der Waals surface area contributed by atoms with Gasteiger partial charge in [-0.05, 0) is 23.3 Å². The maximum Gasteiger partial charge on any atom is 0.276 e. The number of pyridine rings is 1. The zero-order valence-electron chi connectivity index (χ0n) is 18.1. The van der Waals surface area contributed by atoms with Crippen molar-refractivity contribution in [2.75, 3.05) is 13.7 Å². The second kappa shape index (κ2) is 9.95. The van der Waals surface area contributed by atoms with Gasteiger partial charge in [0.25, 0.3) is 5.91 Å². The highest BCUT2D eigenvalue weighted by molar-refractivity contribution is 5.91. The summed E-state index contributed by atoms with van der Waals surface area (Å²) in [6, 6.07) is 20.3. The summed E-state index contributed by atoms with van der Waals surface area (Å²) in [4.78, 5) is 43.0. The maximum atomic E-state index is 12.8. The van der Waals surface area contributed by atoms with Crippen molar-refractivity contribution in [2.24, 2.45) is 5.92 Å². The van der Waals surface area contributed by atoms with Crippen LogP contribution in [-0.4, -0.2) is 41.3 Å². The smallest absolute Gasteiger partial charge is 0.276 e. The molecular formula is C25H24N4O4. The monoisotopic (exact) mass is 444 g/mol. The normalized spacial score (nSPS) is 17.5. The fraction of sp³-hybridized carbons (Fsp3) is 0.200. The fourth-order valence-electron chi connectivity index (χ4n) is 3.96. The number of ether oxygens (including phenoxy) is 1. The molecule has 0 aliphatic carbocycles. The molecule has 1 aromatic heterocycles. The van der Waals surface area contributed by atoms with Crippen LogP contribution in [0.2, 0.25) is 0 Å². The average molecular weight is 444 g/mol. The molecule has 1 aliphatic rings. The third kappa shape index (κ3) is 5.01. The minimum atomic E-state index is -0.647. The van der Waals surface area contributed by atoms with Crippen molar-refractivity contribution in [3.63, 3.8) is 0 Å². The van der Waals surface area contributed by atoms with Gasteiger partial charge in [0, 0.05) is 31.4 Å². The number of nitrogens with zero attached hydrogens (tertiary/aromatic N) is 2. The number of hydrogen-bond acceptors (Lipinski definition) is 5. The Morgan fingerprint density at radius 1 is 1.03 bits per heavy atom. The minimum Gasteiger partial charge on any atom is -0.483 e. The van der Waals surface area contributed by atoms with Crippen molar-refractivity contribution in [3.05, 3.63) is 84.7 Å². The predicted octanol–water partition coefficient (Wildman–Crippen LogP) is 2.49. The zero-order chi connectivity index (χ0) is 23.2. The van der Waals surface area contributed by atoms with E-state index in [9.17, 15) is 14.4 Å². The third-order valence-electron chi connectivity index (χ3n) is 5.60. The van der Waals surface area contributed by atoms with Gasteiger partial charge in [-0.15, -0.1) is 0 Å². The minimum absolute atomic E-state index is 0.0543. The number of hydrazine groups is 1. The van der Waals surface area contributed by atoms with E-state index in [-0.39, 0.29) is 18.9 Å². The van der Waals surface area contributed by atoms with Crippen molar-refractivity contribution in [2.45, 2.75) is 12.5 Å². The summed E-state index contributed by atoms with van der Waals surface area (Å²) in [5, 5.41) is 0. The Morgan fingerprint density at radius 3 is 2.55 bits per heavy atom. The Kier molecular flexibility index (Phi) is 6.64. The van der Waals surface area contributed by atoms with Gasteiger partial charge in [-0.1, -0.05) is 54.6 Å². The number of likely N-dealkylation sites (tertiary alicyclic amines) is 1. The molecule has 2 aromatic carbocycles. The molecule has 2 atom stereocenters. The Labute approximate surface area is 191 Å². The van der Waals surface area contributed by atoms with Crippen LogP contribution in [0.3, 0.4) is 0 Å². The topological polar surface area (TPSA) is 101 Å². The summed E-state index contributed by atoms with van der Waals surface area (Å²) >= 11 is 0. The number of amides is 3. The molecule has 1 saturated heterocycles. The summed E-state index contributed by atoms with van der Waals surface area (Å²) in [5.41, 5.74) is 7.41. The van der Waals surface area contributed by atoms with E-state index < -0.39 is 23.8 Å². The first kappa shape index (κ1) is 22.0. The van der Waals surface area contributed by atoms with E-state index in [0.29, 0.717) is 5.75 Å². The lowest BCUT2D eigenvalue weighted by Crippen LogP contribution is -2.47. The van der Waals surface area contributed by atoms with Crippen molar-refractivity contribution in [3.8, 4) is 16.9 Å². The van der Waals surface area contributed by atoms with Gasteiger partial charge in [-0.3, -0.25) is 30.2 Å². The lowest BCUT2D eigenvalue weighted by molar-refractivity contribution is -0.132. The Balaban J connectivity index is 1.35. The summed E-state index contributed by atoms with van der Waals surface area (Å²) < 4.78 is 5.70. The number of hydrogen-bond donors (Lipinski definition) is 2. The summed E-state index contributed by atoms with van der Waals surface area (Å²) in [6.07, 6.45) is 3.32. The van der Waals surface area contributed by atoms with Crippen LogP contribution in [0.5, 0.6) is 5.75 Å². The summed E-state index contributed by atoms with van der Waals surface area (Å²) in [5.74, 6) is -1.19. The number of nitrogens with one attached hydrogen (secondary N) is 2. The zero-order valence-corrected chi connectivity index (χ0v) is 18.1. The van der Waals surface area contributed by atoms with Gasteiger partial charge in [-0.25, -0.2) is 0 Å². The molecule has 0 radical (unpaired) electrons. The molecule has 8 nitrogen and oxygen atoms in total. The van der Waals surface area contributed by atoms with Crippen LogP contribution in [0.4, 0.5) is 0 Å². The van der Waals surface area contributed by atoms with E-state index >= 15 is 0 Å². The van der Waals surface area contributed by atoms with Crippen LogP contribution >= 0.6 is 0 Å². The molecule has 0 spiro atoms. The summed E-state index contributed by atoms with van der Waals surface area (Å²) in [6.45, 7) is -0.278. The maximum absolute atomic E-state index is 12.8. The van der Waals surface area contributed by atoms with Gasteiger partial charge in [0.15, 0.2) is 6.61 Å². The van der Waals surface area contributed by atoms with E-state index in [1.807, 2.05) is 54.6 Å². The molecule has 1 fully saturated rings. The van der Waals surface area contributed by atoms with Gasteiger partial charge in [0.2, 0.25) is 11.8 Å². The van der Waals surface area contributed by atoms with E-state index in [4.69, 9.17) is 4.74 Å². The van der Waals surface area contributed by atoms with Crippen LogP contribution in [0, 0.1) is 5.92 Å². The first-order valence-electron chi connectivity index (χ1n) is 10.6. The number of benzene rings is 2.